The van der Waals surface area contributed by atoms with E-state index in [0.29, 0.717) is 35.1 Å². The zero-order valence-corrected chi connectivity index (χ0v) is 15.3. The molecular weight excluding hydrogens is 358 g/mol. The Labute approximate surface area is 162 Å². The lowest BCUT2D eigenvalue weighted by Gasteiger charge is -2.10. The van der Waals surface area contributed by atoms with Gasteiger partial charge in [-0.05, 0) is 48.0 Å². The number of fused-ring (bicyclic) bond motifs is 1. The van der Waals surface area contributed by atoms with E-state index in [1.165, 1.54) is 0 Å². The number of hydrogen-bond donors (Lipinski definition) is 1. The molecule has 28 heavy (non-hydrogen) atoms. The first-order valence-electron chi connectivity index (χ1n) is 8.78. The van der Waals surface area contributed by atoms with Crippen LogP contribution in [-0.2, 0) is 6.61 Å². The molecule has 6 heteroatoms. The highest BCUT2D eigenvalue weighted by molar-refractivity contribution is 6.04. The van der Waals surface area contributed by atoms with E-state index in [0.717, 1.165) is 11.3 Å². The Balaban J connectivity index is 1.40. The molecule has 0 unspecified atom stereocenters. The molecule has 0 atom stereocenters. The smallest absolute Gasteiger partial charge is 0.255 e. The zero-order valence-electron chi connectivity index (χ0n) is 15.3. The molecule has 0 saturated carbocycles. The van der Waals surface area contributed by atoms with Gasteiger partial charge in [-0.3, -0.25) is 4.79 Å². The Morgan fingerprint density at radius 1 is 0.964 bits per heavy atom. The summed E-state index contributed by atoms with van der Waals surface area (Å²) in [6.07, 6.45) is 0. The highest BCUT2D eigenvalue weighted by atomic mass is 16.7. The van der Waals surface area contributed by atoms with Crippen molar-refractivity contribution in [3.63, 3.8) is 0 Å². The molecule has 4 rings (SSSR count). The predicted molar refractivity (Wildman–Crippen MR) is 104 cm³/mol. The average molecular weight is 377 g/mol. The summed E-state index contributed by atoms with van der Waals surface area (Å²) in [5.41, 5.74) is 2.15. The number of hydrogen-bond acceptors (Lipinski definition) is 5. The standard InChI is InChI=1S/C22H19NO5/c1-25-18-7-3-5-16(11-18)22(24)23-17-6-2-4-15(10-17)13-26-19-8-9-20-21(12-19)28-14-27-20/h2-12H,13-14H2,1H3,(H,23,24). The summed E-state index contributed by atoms with van der Waals surface area (Å²) >= 11 is 0. The fourth-order valence-corrected chi connectivity index (χ4v) is 2.84. The molecule has 142 valence electrons. The second-order valence-electron chi connectivity index (χ2n) is 6.19. The van der Waals surface area contributed by atoms with Crippen LogP contribution in [0.1, 0.15) is 15.9 Å². The third kappa shape index (κ3) is 4.01. The van der Waals surface area contributed by atoms with Crippen LogP contribution in [0, 0.1) is 0 Å². The summed E-state index contributed by atoms with van der Waals surface area (Å²) < 4.78 is 21.6. The number of benzene rings is 3. The van der Waals surface area contributed by atoms with Crippen LogP contribution in [0.25, 0.3) is 0 Å². The highest BCUT2D eigenvalue weighted by Gasteiger charge is 2.14. The normalized spacial score (nSPS) is 11.8. The van der Waals surface area contributed by atoms with Crippen molar-refractivity contribution < 1.29 is 23.7 Å². The van der Waals surface area contributed by atoms with Crippen molar-refractivity contribution in [3.8, 4) is 23.0 Å². The number of ether oxygens (including phenoxy) is 4. The molecule has 0 aromatic heterocycles. The van der Waals surface area contributed by atoms with E-state index in [-0.39, 0.29) is 12.7 Å². The first-order valence-corrected chi connectivity index (χ1v) is 8.78. The minimum Gasteiger partial charge on any atom is -0.497 e. The monoisotopic (exact) mass is 377 g/mol. The molecule has 1 aliphatic heterocycles. The highest BCUT2D eigenvalue weighted by Crippen LogP contribution is 2.35. The van der Waals surface area contributed by atoms with Gasteiger partial charge in [0.05, 0.1) is 7.11 Å². The minimum absolute atomic E-state index is 0.201. The molecule has 6 nitrogen and oxygen atoms in total. The van der Waals surface area contributed by atoms with Crippen molar-refractivity contribution in [3.05, 3.63) is 77.9 Å². The number of nitrogens with one attached hydrogen (secondary N) is 1. The molecule has 0 aliphatic carbocycles. The Bertz CT molecular complexity index is 1000. The lowest BCUT2D eigenvalue weighted by Crippen LogP contribution is -2.12. The van der Waals surface area contributed by atoms with Crippen molar-refractivity contribution in [1.29, 1.82) is 0 Å². The van der Waals surface area contributed by atoms with Gasteiger partial charge in [-0.2, -0.15) is 0 Å². The summed E-state index contributed by atoms with van der Waals surface area (Å²) in [5, 5.41) is 2.90. The molecule has 3 aromatic rings. The minimum atomic E-state index is -0.201. The van der Waals surface area contributed by atoms with Crippen molar-refractivity contribution >= 4 is 11.6 Å². The zero-order chi connectivity index (χ0) is 19.3. The van der Waals surface area contributed by atoms with Crippen molar-refractivity contribution in [2.45, 2.75) is 6.61 Å². The van der Waals surface area contributed by atoms with E-state index in [9.17, 15) is 4.79 Å². The van der Waals surface area contributed by atoms with Crippen LogP contribution in [0.4, 0.5) is 5.69 Å². The summed E-state index contributed by atoms with van der Waals surface area (Å²) in [4.78, 5) is 12.5. The van der Waals surface area contributed by atoms with E-state index in [2.05, 4.69) is 5.32 Å². The number of amides is 1. The van der Waals surface area contributed by atoms with Gasteiger partial charge in [-0.25, -0.2) is 0 Å². The lowest BCUT2D eigenvalue weighted by atomic mass is 10.1. The first kappa shape index (κ1) is 17.7. The number of anilines is 1. The topological polar surface area (TPSA) is 66.0 Å². The maximum absolute atomic E-state index is 12.5. The molecule has 0 fully saturated rings. The second-order valence-corrected chi connectivity index (χ2v) is 6.19. The number of carbonyl (C=O) groups excluding carboxylic acids is 1. The quantitative estimate of drug-likeness (QED) is 0.695. The van der Waals surface area contributed by atoms with Crippen molar-refractivity contribution in [1.82, 2.24) is 0 Å². The van der Waals surface area contributed by atoms with Crippen LogP contribution in [0.5, 0.6) is 23.0 Å². The van der Waals surface area contributed by atoms with Crippen LogP contribution in [-0.4, -0.2) is 19.8 Å². The molecule has 1 amide bonds. The lowest BCUT2D eigenvalue weighted by molar-refractivity contribution is 0.102. The first-order chi connectivity index (χ1) is 13.7. The summed E-state index contributed by atoms with van der Waals surface area (Å²) in [6.45, 7) is 0.594. The van der Waals surface area contributed by atoms with E-state index >= 15 is 0 Å². The van der Waals surface area contributed by atoms with Gasteiger partial charge in [0.2, 0.25) is 6.79 Å². The maximum Gasteiger partial charge on any atom is 0.255 e. The largest absolute Gasteiger partial charge is 0.497 e. The predicted octanol–water partition coefficient (Wildman–Crippen LogP) is 4.26. The molecule has 3 aromatic carbocycles. The van der Waals surface area contributed by atoms with Crippen LogP contribution in [0.15, 0.2) is 66.7 Å². The van der Waals surface area contributed by atoms with Gasteiger partial charge in [-0.15, -0.1) is 0 Å². The third-order valence-corrected chi connectivity index (χ3v) is 4.27. The van der Waals surface area contributed by atoms with Crippen LogP contribution in [0.2, 0.25) is 0 Å². The maximum atomic E-state index is 12.5. The molecule has 0 spiro atoms. The molecule has 1 aliphatic rings. The summed E-state index contributed by atoms with van der Waals surface area (Å²) in [7, 11) is 1.57. The Morgan fingerprint density at radius 3 is 2.71 bits per heavy atom. The number of methoxy groups -OCH3 is 1. The van der Waals surface area contributed by atoms with E-state index in [1.807, 2.05) is 36.4 Å². The molecule has 0 saturated heterocycles. The molecule has 0 radical (unpaired) electrons. The van der Waals surface area contributed by atoms with Gasteiger partial charge in [-0.1, -0.05) is 18.2 Å². The number of carbonyl (C=O) groups is 1. The van der Waals surface area contributed by atoms with E-state index < -0.39 is 0 Å². The van der Waals surface area contributed by atoms with Gasteiger partial charge in [0.25, 0.3) is 5.91 Å². The summed E-state index contributed by atoms with van der Waals surface area (Å²) in [5.74, 6) is 2.52. The van der Waals surface area contributed by atoms with Gasteiger partial charge in [0.1, 0.15) is 18.1 Å². The molecule has 0 bridgehead atoms. The van der Waals surface area contributed by atoms with Crippen molar-refractivity contribution in [2.24, 2.45) is 0 Å². The second kappa shape index (κ2) is 7.92. The third-order valence-electron chi connectivity index (χ3n) is 4.27. The van der Waals surface area contributed by atoms with Gasteiger partial charge < -0.3 is 24.3 Å². The molecular formula is C22H19NO5. The fourth-order valence-electron chi connectivity index (χ4n) is 2.84. The van der Waals surface area contributed by atoms with Gasteiger partial charge in [0.15, 0.2) is 11.5 Å². The van der Waals surface area contributed by atoms with Crippen LogP contribution < -0.4 is 24.3 Å². The van der Waals surface area contributed by atoms with Gasteiger partial charge in [0, 0.05) is 17.3 Å². The Hall–Kier alpha value is -3.67. The summed E-state index contributed by atoms with van der Waals surface area (Å²) in [6, 6.07) is 20.0. The van der Waals surface area contributed by atoms with E-state index in [4.69, 9.17) is 18.9 Å². The van der Waals surface area contributed by atoms with E-state index in [1.54, 1.807) is 37.4 Å². The SMILES string of the molecule is COc1cccc(C(=O)Nc2cccc(COc3ccc4c(c3)OCO4)c2)c1. The van der Waals surface area contributed by atoms with Crippen LogP contribution >= 0.6 is 0 Å². The van der Waals surface area contributed by atoms with Crippen molar-refractivity contribution in [2.75, 3.05) is 19.2 Å². The van der Waals surface area contributed by atoms with Crippen LogP contribution in [0.3, 0.4) is 0 Å². The average Bonchev–Trinajstić information content (AvgIpc) is 3.20. The number of rotatable bonds is 6. The molecule has 1 heterocycles. The Kier molecular flexibility index (Phi) is 5.01. The Morgan fingerprint density at radius 2 is 1.82 bits per heavy atom. The fraction of sp³-hybridized carbons (Fsp3) is 0.136. The molecule has 1 N–H and O–H groups in total. The van der Waals surface area contributed by atoms with Gasteiger partial charge >= 0.3 is 0 Å².